The van der Waals surface area contributed by atoms with Crippen LogP contribution in [-0.2, 0) is 23.4 Å². The maximum atomic E-state index is 5.96. The largest absolute Gasteiger partial charge is 0.391 e. The van der Waals surface area contributed by atoms with E-state index in [-0.39, 0.29) is 24.6 Å². The molecule has 1 heterocycles. The molecule has 1 saturated heterocycles. The zero-order valence-electron chi connectivity index (χ0n) is 11.6. The van der Waals surface area contributed by atoms with Gasteiger partial charge in [0.05, 0.1) is 6.61 Å². The van der Waals surface area contributed by atoms with Crippen LogP contribution in [0.25, 0.3) is 0 Å². The normalized spacial score (nSPS) is 34.9. The van der Waals surface area contributed by atoms with Crippen molar-refractivity contribution in [3.8, 4) is 0 Å². The highest BCUT2D eigenvalue weighted by molar-refractivity contribution is 6.69. The summed E-state index contributed by atoms with van der Waals surface area (Å²) in [4.78, 5) is 0. The molecule has 0 spiro atoms. The minimum absolute atomic E-state index is 0.119. The molecular weight excluding hydrogens is 240 g/mol. The summed E-state index contributed by atoms with van der Waals surface area (Å²) in [5, 5.41) is 0. The van der Waals surface area contributed by atoms with Crippen LogP contribution in [0.4, 0.5) is 0 Å². The van der Waals surface area contributed by atoms with Crippen molar-refractivity contribution in [2.24, 2.45) is 0 Å². The van der Waals surface area contributed by atoms with Crippen LogP contribution in [-0.4, -0.2) is 60.9 Å². The van der Waals surface area contributed by atoms with Crippen LogP contribution in [0.1, 0.15) is 0 Å². The lowest BCUT2D eigenvalue weighted by atomic mass is 10.1. The number of methoxy groups -OCH3 is 3. The van der Waals surface area contributed by atoms with Crippen molar-refractivity contribution in [1.82, 2.24) is 0 Å². The summed E-state index contributed by atoms with van der Waals surface area (Å²) in [5.74, 6) is 0. The van der Waals surface area contributed by atoms with Gasteiger partial charge in [0.1, 0.15) is 18.3 Å². The summed E-state index contributed by atoms with van der Waals surface area (Å²) in [6.45, 7) is 6.82. The molecule has 0 aromatic heterocycles. The topological polar surface area (TPSA) is 46.2 Å². The Morgan fingerprint density at radius 3 is 1.94 bits per heavy atom. The molecule has 6 heteroatoms. The first-order valence-electron chi connectivity index (χ1n) is 5.80. The van der Waals surface area contributed by atoms with E-state index in [0.29, 0.717) is 6.61 Å². The summed E-state index contributed by atoms with van der Waals surface area (Å²) in [6.07, 6.45) is -0.917. The van der Waals surface area contributed by atoms with E-state index in [2.05, 4.69) is 19.6 Å². The van der Waals surface area contributed by atoms with Crippen LogP contribution in [0.2, 0.25) is 19.6 Å². The molecule has 102 valence electrons. The van der Waals surface area contributed by atoms with Crippen molar-refractivity contribution in [3.05, 3.63) is 0 Å². The van der Waals surface area contributed by atoms with Gasteiger partial charge in [-0.2, -0.15) is 0 Å². The highest BCUT2D eigenvalue weighted by Gasteiger charge is 2.43. The Morgan fingerprint density at radius 1 is 0.941 bits per heavy atom. The molecule has 0 amide bonds. The fraction of sp³-hybridized carbons (Fsp3) is 1.00. The molecule has 0 N–H and O–H groups in total. The van der Waals surface area contributed by atoms with Gasteiger partial charge in [0.25, 0.3) is 0 Å². The number of ether oxygens (including phenoxy) is 4. The second-order valence-electron chi connectivity index (χ2n) is 5.11. The number of hydrogen-bond acceptors (Lipinski definition) is 5. The SMILES string of the molecule is CO[C@@H]1[C@@H](OC)COC(O[Si](C)(C)C)[C@H]1OC. The molecular formula is C11H24O5Si. The molecule has 17 heavy (non-hydrogen) atoms. The van der Waals surface area contributed by atoms with Crippen LogP contribution in [0, 0.1) is 0 Å². The van der Waals surface area contributed by atoms with Crippen LogP contribution in [0.5, 0.6) is 0 Å². The van der Waals surface area contributed by atoms with Gasteiger partial charge in [-0.25, -0.2) is 0 Å². The van der Waals surface area contributed by atoms with E-state index >= 15 is 0 Å². The molecule has 4 atom stereocenters. The first-order chi connectivity index (χ1) is 7.92. The first-order valence-corrected chi connectivity index (χ1v) is 9.21. The van der Waals surface area contributed by atoms with Gasteiger partial charge in [-0.15, -0.1) is 0 Å². The van der Waals surface area contributed by atoms with E-state index in [1.165, 1.54) is 0 Å². The van der Waals surface area contributed by atoms with E-state index in [0.717, 1.165) is 0 Å². The lowest BCUT2D eigenvalue weighted by Gasteiger charge is -2.42. The van der Waals surface area contributed by atoms with Gasteiger partial charge in [0.15, 0.2) is 14.6 Å². The Morgan fingerprint density at radius 2 is 1.53 bits per heavy atom. The molecule has 0 bridgehead atoms. The molecule has 1 rings (SSSR count). The highest BCUT2D eigenvalue weighted by Crippen LogP contribution is 2.25. The quantitative estimate of drug-likeness (QED) is 0.699. The molecule has 0 saturated carbocycles. The average Bonchev–Trinajstić information content (AvgIpc) is 2.26. The third-order valence-corrected chi connectivity index (χ3v) is 3.64. The molecule has 0 aromatic rings. The molecule has 5 nitrogen and oxygen atoms in total. The Bertz CT molecular complexity index is 230. The van der Waals surface area contributed by atoms with Gasteiger partial charge in [0.2, 0.25) is 0 Å². The van der Waals surface area contributed by atoms with Gasteiger partial charge >= 0.3 is 0 Å². The van der Waals surface area contributed by atoms with E-state index in [9.17, 15) is 0 Å². The second kappa shape index (κ2) is 6.26. The Kier molecular flexibility index (Phi) is 5.55. The lowest BCUT2D eigenvalue weighted by Crippen LogP contribution is -2.57. The van der Waals surface area contributed by atoms with Crippen molar-refractivity contribution in [3.63, 3.8) is 0 Å². The molecule has 1 fully saturated rings. The average molecular weight is 264 g/mol. The van der Waals surface area contributed by atoms with Crippen LogP contribution >= 0.6 is 0 Å². The standard InChI is InChI=1S/C11H24O5Si/c1-12-8-7-15-11(16-17(4,5)6)10(14-3)9(8)13-2/h8-11H,7H2,1-6H3/t8-,9+,10-,11?/m0/s1. The van der Waals surface area contributed by atoms with Crippen molar-refractivity contribution < 1.29 is 23.4 Å². The van der Waals surface area contributed by atoms with Gasteiger partial charge in [-0.3, -0.25) is 0 Å². The molecule has 0 aromatic carbocycles. The third-order valence-electron chi connectivity index (χ3n) is 2.70. The van der Waals surface area contributed by atoms with Crippen molar-refractivity contribution in [2.75, 3.05) is 27.9 Å². The molecule has 1 aliphatic heterocycles. The summed E-state index contributed by atoms with van der Waals surface area (Å²) in [5.41, 5.74) is 0. The van der Waals surface area contributed by atoms with E-state index in [1.54, 1.807) is 21.3 Å². The predicted octanol–water partition coefficient (Wildman–Crippen LogP) is 1.24. The van der Waals surface area contributed by atoms with E-state index in [4.69, 9.17) is 23.4 Å². The molecule has 0 aliphatic carbocycles. The Hall–Kier alpha value is 0.0169. The van der Waals surface area contributed by atoms with E-state index in [1.807, 2.05) is 0 Å². The second-order valence-corrected chi connectivity index (χ2v) is 9.57. The van der Waals surface area contributed by atoms with Crippen LogP contribution in [0.3, 0.4) is 0 Å². The van der Waals surface area contributed by atoms with Gasteiger partial charge in [-0.1, -0.05) is 0 Å². The third kappa shape index (κ3) is 4.01. The van der Waals surface area contributed by atoms with Crippen molar-refractivity contribution in [1.29, 1.82) is 0 Å². The minimum atomic E-state index is -1.68. The fourth-order valence-corrected chi connectivity index (χ4v) is 2.83. The zero-order chi connectivity index (χ0) is 13.1. The maximum absolute atomic E-state index is 5.96. The highest BCUT2D eigenvalue weighted by atomic mass is 28.4. The van der Waals surface area contributed by atoms with E-state index < -0.39 is 8.32 Å². The predicted molar refractivity (Wildman–Crippen MR) is 66.6 cm³/mol. The summed E-state index contributed by atoms with van der Waals surface area (Å²) in [6, 6.07) is 0. The lowest BCUT2D eigenvalue weighted by molar-refractivity contribution is -0.261. The van der Waals surface area contributed by atoms with Gasteiger partial charge in [0, 0.05) is 21.3 Å². The summed E-state index contributed by atoms with van der Waals surface area (Å²) >= 11 is 0. The molecule has 0 radical (unpaired) electrons. The smallest absolute Gasteiger partial charge is 0.187 e. The molecule has 1 unspecified atom stereocenters. The fourth-order valence-electron chi connectivity index (χ4n) is 1.93. The monoisotopic (exact) mass is 264 g/mol. The van der Waals surface area contributed by atoms with Gasteiger partial charge < -0.3 is 23.4 Å². The Labute approximate surface area is 104 Å². The van der Waals surface area contributed by atoms with Crippen molar-refractivity contribution >= 4 is 8.32 Å². The van der Waals surface area contributed by atoms with Gasteiger partial charge in [-0.05, 0) is 19.6 Å². The summed E-state index contributed by atoms with van der Waals surface area (Å²) < 4.78 is 27.9. The first kappa shape index (κ1) is 15.1. The van der Waals surface area contributed by atoms with Crippen LogP contribution in [0.15, 0.2) is 0 Å². The number of rotatable bonds is 5. The zero-order valence-corrected chi connectivity index (χ0v) is 12.6. The molecule has 1 aliphatic rings. The minimum Gasteiger partial charge on any atom is -0.391 e. The Balaban J connectivity index is 2.73. The maximum Gasteiger partial charge on any atom is 0.187 e. The van der Waals surface area contributed by atoms with Crippen LogP contribution < -0.4 is 0 Å². The summed E-state index contributed by atoms with van der Waals surface area (Å²) in [7, 11) is 3.26. The number of hydrogen-bond donors (Lipinski definition) is 0. The van der Waals surface area contributed by atoms with Crippen molar-refractivity contribution in [2.45, 2.75) is 44.2 Å².